The maximum atomic E-state index is 12.4. The third-order valence-corrected chi connectivity index (χ3v) is 4.93. The number of fused-ring (bicyclic) bond motifs is 1. The molecule has 0 radical (unpaired) electrons. The number of imidazole rings is 1. The molecule has 0 fully saturated rings. The van der Waals surface area contributed by atoms with Gasteiger partial charge in [-0.05, 0) is 31.5 Å². The van der Waals surface area contributed by atoms with E-state index in [0.717, 1.165) is 33.5 Å². The second kappa shape index (κ2) is 6.60. The smallest absolute Gasteiger partial charge is 0.251 e. The van der Waals surface area contributed by atoms with Crippen molar-refractivity contribution in [3.63, 3.8) is 0 Å². The molecule has 0 aliphatic carbocycles. The first-order valence-electron chi connectivity index (χ1n) is 7.89. The van der Waals surface area contributed by atoms with Crippen molar-refractivity contribution in [3.05, 3.63) is 46.2 Å². The minimum Gasteiger partial charge on any atom is -0.378 e. The Morgan fingerprint density at radius 2 is 2.17 bits per heavy atom. The number of anilines is 1. The van der Waals surface area contributed by atoms with Crippen LogP contribution in [0.4, 0.5) is 5.69 Å². The largest absolute Gasteiger partial charge is 0.378 e. The van der Waals surface area contributed by atoms with Crippen molar-refractivity contribution in [3.8, 4) is 0 Å². The van der Waals surface area contributed by atoms with Crippen LogP contribution in [0.3, 0.4) is 0 Å². The molecular weight excluding hydrogens is 322 g/mol. The van der Waals surface area contributed by atoms with Gasteiger partial charge in [-0.15, -0.1) is 0 Å². The van der Waals surface area contributed by atoms with Crippen LogP contribution in [-0.2, 0) is 13.0 Å². The number of rotatable bonds is 5. The Labute approximate surface area is 145 Å². The predicted molar refractivity (Wildman–Crippen MR) is 96.9 cm³/mol. The zero-order valence-electron chi connectivity index (χ0n) is 14.3. The zero-order chi connectivity index (χ0) is 17.3. The van der Waals surface area contributed by atoms with E-state index >= 15 is 0 Å². The number of hydrogen-bond donors (Lipinski definition) is 1. The van der Waals surface area contributed by atoms with Crippen LogP contribution in [0.25, 0.3) is 4.96 Å². The third-order valence-electron chi connectivity index (χ3n) is 3.88. The lowest BCUT2D eigenvalue weighted by Gasteiger charge is -2.13. The lowest BCUT2D eigenvalue weighted by atomic mass is 10.2. The van der Waals surface area contributed by atoms with Gasteiger partial charge in [-0.2, -0.15) is 5.10 Å². The lowest BCUT2D eigenvalue weighted by molar-refractivity contribution is 0.0950. The van der Waals surface area contributed by atoms with Gasteiger partial charge >= 0.3 is 0 Å². The number of amides is 1. The molecule has 3 rings (SSSR count). The van der Waals surface area contributed by atoms with Crippen LogP contribution in [-0.4, -0.2) is 34.6 Å². The van der Waals surface area contributed by atoms with Crippen LogP contribution in [0.2, 0.25) is 0 Å². The maximum Gasteiger partial charge on any atom is 0.251 e. The van der Waals surface area contributed by atoms with Crippen LogP contribution >= 0.6 is 11.3 Å². The lowest BCUT2D eigenvalue weighted by Crippen LogP contribution is -2.24. The molecule has 0 atom stereocenters. The molecule has 126 valence electrons. The van der Waals surface area contributed by atoms with Gasteiger partial charge < -0.3 is 10.2 Å². The molecule has 7 heteroatoms. The van der Waals surface area contributed by atoms with Gasteiger partial charge in [0.25, 0.3) is 5.91 Å². The van der Waals surface area contributed by atoms with Crippen molar-refractivity contribution >= 4 is 27.9 Å². The van der Waals surface area contributed by atoms with E-state index in [0.29, 0.717) is 12.1 Å². The maximum absolute atomic E-state index is 12.4. The summed E-state index contributed by atoms with van der Waals surface area (Å²) in [6, 6.07) is 7.56. The van der Waals surface area contributed by atoms with Crippen molar-refractivity contribution in [1.82, 2.24) is 19.9 Å². The van der Waals surface area contributed by atoms with Crippen molar-refractivity contribution in [2.24, 2.45) is 0 Å². The molecule has 0 aliphatic heterocycles. The van der Waals surface area contributed by atoms with Gasteiger partial charge in [-0.1, -0.05) is 24.3 Å². The van der Waals surface area contributed by atoms with E-state index in [1.165, 1.54) is 0 Å². The fraction of sp³-hybridized carbons (Fsp3) is 0.353. The molecule has 0 bridgehead atoms. The number of carbonyl (C=O) groups is 1. The number of aromatic nitrogens is 3. The van der Waals surface area contributed by atoms with Gasteiger partial charge in [-0.3, -0.25) is 4.79 Å². The summed E-state index contributed by atoms with van der Waals surface area (Å²) in [6.45, 7) is 4.43. The van der Waals surface area contributed by atoms with E-state index in [9.17, 15) is 4.79 Å². The van der Waals surface area contributed by atoms with Crippen molar-refractivity contribution in [1.29, 1.82) is 0 Å². The van der Waals surface area contributed by atoms with Crippen LogP contribution in [0, 0.1) is 6.92 Å². The highest BCUT2D eigenvalue weighted by Gasteiger charge is 2.15. The topological polar surface area (TPSA) is 62.5 Å². The molecule has 24 heavy (non-hydrogen) atoms. The highest BCUT2D eigenvalue weighted by Crippen LogP contribution is 2.19. The average molecular weight is 343 g/mol. The Morgan fingerprint density at radius 1 is 1.38 bits per heavy atom. The minimum absolute atomic E-state index is 0.0982. The molecule has 1 aromatic carbocycles. The van der Waals surface area contributed by atoms with Gasteiger partial charge in [0, 0.05) is 25.3 Å². The van der Waals surface area contributed by atoms with Gasteiger partial charge in [-0.25, -0.2) is 9.50 Å². The van der Waals surface area contributed by atoms with E-state index in [1.807, 2.05) is 54.7 Å². The molecule has 6 nitrogen and oxygen atoms in total. The summed E-state index contributed by atoms with van der Waals surface area (Å²) in [5.74, 6) is -0.0982. The van der Waals surface area contributed by atoms with Crippen molar-refractivity contribution in [2.45, 2.75) is 26.8 Å². The second-order valence-electron chi connectivity index (χ2n) is 5.82. The first-order chi connectivity index (χ1) is 11.5. The van der Waals surface area contributed by atoms with Gasteiger partial charge in [0.15, 0.2) is 0 Å². The summed E-state index contributed by atoms with van der Waals surface area (Å²) in [7, 11) is 3.91. The quantitative estimate of drug-likeness (QED) is 0.774. The third kappa shape index (κ3) is 3.12. The fourth-order valence-corrected chi connectivity index (χ4v) is 3.37. The zero-order valence-corrected chi connectivity index (χ0v) is 15.1. The standard InChI is InChI=1S/C17H21N5OS/c1-5-15-20-22-14(11(2)19-17(22)24-15)10-18-16(23)12-7-6-8-13(9-12)21(3)4/h6-9H,5,10H2,1-4H3,(H,18,23). The number of nitrogens with zero attached hydrogens (tertiary/aromatic N) is 4. The number of hydrogen-bond acceptors (Lipinski definition) is 5. The van der Waals surface area contributed by atoms with E-state index < -0.39 is 0 Å². The minimum atomic E-state index is -0.0982. The number of nitrogens with one attached hydrogen (secondary N) is 1. The van der Waals surface area contributed by atoms with E-state index in [4.69, 9.17) is 0 Å². The van der Waals surface area contributed by atoms with Crippen LogP contribution in [0.15, 0.2) is 24.3 Å². The van der Waals surface area contributed by atoms with Gasteiger partial charge in [0.1, 0.15) is 5.01 Å². The summed E-state index contributed by atoms with van der Waals surface area (Å²) in [6.07, 6.45) is 0.885. The highest BCUT2D eigenvalue weighted by atomic mass is 32.1. The van der Waals surface area contributed by atoms with Crippen molar-refractivity contribution < 1.29 is 4.79 Å². The molecule has 0 unspecified atom stereocenters. The SMILES string of the molecule is CCc1nn2c(CNC(=O)c3cccc(N(C)C)c3)c(C)nc2s1. The molecule has 3 aromatic rings. The summed E-state index contributed by atoms with van der Waals surface area (Å²) < 4.78 is 1.84. The molecule has 1 amide bonds. The fourth-order valence-electron chi connectivity index (χ4n) is 2.47. The summed E-state index contributed by atoms with van der Waals surface area (Å²) in [5.41, 5.74) is 3.47. The van der Waals surface area contributed by atoms with Gasteiger partial charge in [0.2, 0.25) is 4.96 Å². The van der Waals surface area contributed by atoms with Gasteiger partial charge in [0.05, 0.1) is 17.9 Å². The molecule has 0 saturated heterocycles. The Bertz CT molecular complexity index is 880. The second-order valence-corrected chi connectivity index (χ2v) is 6.86. The van der Waals surface area contributed by atoms with E-state index in [2.05, 4.69) is 22.3 Å². The Kier molecular flexibility index (Phi) is 4.53. The number of benzene rings is 1. The summed E-state index contributed by atoms with van der Waals surface area (Å²) in [5, 5.41) is 8.57. The normalized spacial score (nSPS) is 11.0. The van der Waals surface area contributed by atoms with Crippen LogP contribution in [0.5, 0.6) is 0 Å². The Hall–Kier alpha value is -2.41. The summed E-state index contributed by atoms with van der Waals surface area (Å²) >= 11 is 1.59. The predicted octanol–water partition coefficient (Wildman–Crippen LogP) is 2.66. The molecule has 2 aromatic heterocycles. The molecule has 0 spiro atoms. The summed E-state index contributed by atoms with van der Waals surface area (Å²) in [4.78, 5) is 19.8. The molecule has 0 saturated carbocycles. The first kappa shape index (κ1) is 16.4. The van der Waals surface area contributed by atoms with E-state index in [1.54, 1.807) is 11.3 Å². The first-order valence-corrected chi connectivity index (χ1v) is 8.70. The Balaban J connectivity index is 1.78. The van der Waals surface area contributed by atoms with E-state index in [-0.39, 0.29) is 5.91 Å². The molecular formula is C17H21N5OS. The molecule has 2 heterocycles. The van der Waals surface area contributed by atoms with Crippen LogP contribution < -0.4 is 10.2 Å². The van der Waals surface area contributed by atoms with Crippen molar-refractivity contribution in [2.75, 3.05) is 19.0 Å². The monoisotopic (exact) mass is 343 g/mol. The number of carbonyl (C=O) groups excluding carboxylic acids is 1. The molecule has 1 N–H and O–H groups in total. The van der Waals surface area contributed by atoms with Crippen LogP contribution in [0.1, 0.15) is 33.7 Å². The highest BCUT2D eigenvalue weighted by molar-refractivity contribution is 7.16. The Morgan fingerprint density at radius 3 is 2.88 bits per heavy atom. The molecule has 0 aliphatic rings. The average Bonchev–Trinajstić information content (AvgIpc) is 3.09. The number of aryl methyl sites for hydroxylation is 2.